The standard InChI is InChI=1S/C15H16N4S/c1-2-4-15-14(3-1)17-18-19(15)10-13-8-7-12(20-13)9-16-11-5-6-11/h1-4,7-8,11,16H,5-6,9-10H2. The van der Waals surface area contributed by atoms with Crippen LogP contribution in [0.3, 0.4) is 0 Å². The van der Waals surface area contributed by atoms with Gasteiger partial charge < -0.3 is 5.32 Å². The van der Waals surface area contributed by atoms with Crippen molar-refractivity contribution in [2.75, 3.05) is 0 Å². The Labute approximate surface area is 121 Å². The van der Waals surface area contributed by atoms with Gasteiger partial charge in [-0.1, -0.05) is 17.3 Å². The number of fused-ring (bicyclic) bond motifs is 1. The Hall–Kier alpha value is -1.72. The molecule has 1 aliphatic carbocycles. The van der Waals surface area contributed by atoms with Crippen LogP contribution in [-0.2, 0) is 13.1 Å². The molecule has 2 aromatic heterocycles. The van der Waals surface area contributed by atoms with Crippen molar-refractivity contribution in [2.45, 2.75) is 32.0 Å². The topological polar surface area (TPSA) is 42.7 Å². The van der Waals surface area contributed by atoms with Gasteiger partial charge in [0.05, 0.1) is 12.1 Å². The van der Waals surface area contributed by atoms with E-state index in [0.717, 1.165) is 30.2 Å². The van der Waals surface area contributed by atoms with E-state index in [0.29, 0.717) is 0 Å². The number of thiophene rings is 1. The number of aromatic nitrogens is 3. The number of hydrogen-bond acceptors (Lipinski definition) is 4. The summed E-state index contributed by atoms with van der Waals surface area (Å²) in [6.07, 6.45) is 2.67. The summed E-state index contributed by atoms with van der Waals surface area (Å²) in [5.41, 5.74) is 2.05. The Balaban J connectivity index is 1.50. The average molecular weight is 284 g/mol. The van der Waals surface area contributed by atoms with Crippen LogP contribution in [0.4, 0.5) is 0 Å². The second-order valence-corrected chi connectivity index (χ2v) is 6.51. The summed E-state index contributed by atoms with van der Waals surface area (Å²) >= 11 is 1.86. The second-order valence-electron chi connectivity index (χ2n) is 5.26. The minimum atomic E-state index is 0.764. The average Bonchev–Trinajstić information content (AvgIpc) is 3.06. The van der Waals surface area contributed by atoms with Crippen molar-refractivity contribution in [3.63, 3.8) is 0 Å². The van der Waals surface area contributed by atoms with Crippen molar-refractivity contribution in [1.82, 2.24) is 20.3 Å². The smallest absolute Gasteiger partial charge is 0.113 e. The van der Waals surface area contributed by atoms with E-state index in [1.165, 1.54) is 22.6 Å². The predicted molar refractivity (Wildman–Crippen MR) is 80.8 cm³/mol. The van der Waals surface area contributed by atoms with Gasteiger partial charge in [-0.2, -0.15) is 0 Å². The van der Waals surface area contributed by atoms with Crippen LogP contribution in [0, 0.1) is 0 Å². The summed E-state index contributed by atoms with van der Waals surface area (Å²) in [5, 5.41) is 12.0. The highest BCUT2D eigenvalue weighted by Gasteiger charge is 2.20. The van der Waals surface area contributed by atoms with Crippen LogP contribution in [0.25, 0.3) is 11.0 Å². The molecule has 3 aromatic rings. The number of para-hydroxylation sites is 1. The summed E-state index contributed by atoms with van der Waals surface area (Å²) in [4.78, 5) is 2.73. The first-order valence-corrected chi connectivity index (χ1v) is 7.79. The maximum Gasteiger partial charge on any atom is 0.113 e. The zero-order valence-electron chi connectivity index (χ0n) is 11.1. The third kappa shape index (κ3) is 2.46. The SMILES string of the molecule is c1ccc2c(c1)nnn2Cc1ccc(CNC2CC2)s1. The zero-order valence-corrected chi connectivity index (χ0v) is 11.9. The fourth-order valence-corrected chi connectivity index (χ4v) is 3.27. The molecule has 1 N–H and O–H groups in total. The van der Waals surface area contributed by atoms with Gasteiger partial charge in [0.2, 0.25) is 0 Å². The molecule has 20 heavy (non-hydrogen) atoms. The lowest BCUT2D eigenvalue weighted by Gasteiger charge is -2.00. The van der Waals surface area contributed by atoms with Gasteiger partial charge in [0, 0.05) is 22.3 Å². The van der Waals surface area contributed by atoms with Gasteiger partial charge in [0.25, 0.3) is 0 Å². The fraction of sp³-hybridized carbons (Fsp3) is 0.333. The summed E-state index contributed by atoms with van der Waals surface area (Å²) in [6, 6.07) is 13.3. The number of hydrogen-bond donors (Lipinski definition) is 1. The molecule has 1 fully saturated rings. The Morgan fingerprint density at radius 3 is 2.90 bits per heavy atom. The molecular formula is C15H16N4S. The summed E-state index contributed by atoms with van der Waals surface area (Å²) in [5.74, 6) is 0. The summed E-state index contributed by atoms with van der Waals surface area (Å²) < 4.78 is 1.97. The van der Waals surface area contributed by atoms with Crippen molar-refractivity contribution in [1.29, 1.82) is 0 Å². The molecule has 2 heterocycles. The van der Waals surface area contributed by atoms with Crippen molar-refractivity contribution in [3.05, 3.63) is 46.2 Å². The monoisotopic (exact) mass is 284 g/mol. The van der Waals surface area contributed by atoms with Crippen molar-refractivity contribution in [3.8, 4) is 0 Å². The van der Waals surface area contributed by atoms with Crippen LogP contribution in [-0.4, -0.2) is 21.0 Å². The van der Waals surface area contributed by atoms with Crippen LogP contribution >= 0.6 is 11.3 Å². The van der Waals surface area contributed by atoms with E-state index in [2.05, 4.69) is 33.8 Å². The highest BCUT2D eigenvalue weighted by atomic mass is 32.1. The third-order valence-corrected chi connectivity index (χ3v) is 4.66. The second kappa shape index (κ2) is 5.00. The van der Waals surface area contributed by atoms with Crippen LogP contribution in [0.1, 0.15) is 22.6 Å². The predicted octanol–water partition coefficient (Wildman–Crippen LogP) is 2.79. The van der Waals surface area contributed by atoms with Crippen molar-refractivity contribution < 1.29 is 0 Å². The van der Waals surface area contributed by atoms with Gasteiger partial charge in [0.15, 0.2) is 0 Å². The molecule has 4 nitrogen and oxygen atoms in total. The molecule has 0 unspecified atom stereocenters. The molecule has 0 atom stereocenters. The highest BCUT2D eigenvalue weighted by molar-refractivity contribution is 7.11. The van der Waals surface area contributed by atoms with E-state index in [9.17, 15) is 0 Å². The first-order chi connectivity index (χ1) is 9.88. The lowest BCUT2D eigenvalue weighted by molar-refractivity contribution is 0.676. The van der Waals surface area contributed by atoms with E-state index < -0.39 is 0 Å². The maximum atomic E-state index is 4.24. The summed E-state index contributed by atoms with van der Waals surface area (Å²) in [7, 11) is 0. The molecule has 102 valence electrons. The molecule has 5 heteroatoms. The minimum Gasteiger partial charge on any atom is -0.309 e. The van der Waals surface area contributed by atoms with E-state index in [1.54, 1.807) is 0 Å². The molecule has 0 amide bonds. The molecule has 0 saturated heterocycles. The third-order valence-electron chi connectivity index (χ3n) is 3.59. The Morgan fingerprint density at radius 1 is 1.15 bits per heavy atom. The molecule has 1 aliphatic rings. The molecule has 1 aromatic carbocycles. The Bertz CT molecular complexity index is 726. The van der Waals surface area contributed by atoms with Gasteiger partial charge in [0.1, 0.15) is 5.52 Å². The van der Waals surface area contributed by atoms with Gasteiger partial charge in [-0.15, -0.1) is 16.4 Å². The molecular weight excluding hydrogens is 268 g/mol. The molecule has 1 saturated carbocycles. The molecule has 0 spiro atoms. The zero-order chi connectivity index (χ0) is 13.4. The van der Waals surface area contributed by atoms with Gasteiger partial charge in [-0.3, -0.25) is 0 Å². The molecule has 0 radical (unpaired) electrons. The Kier molecular flexibility index (Phi) is 3.01. The van der Waals surface area contributed by atoms with Crippen molar-refractivity contribution >= 4 is 22.4 Å². The highest BCUT2D eigenvalue weighted by Crippen LogP contribution is 2.22. The number of rotatable bonds is 5. The lowest BCUT2D eigenvalue weighted by Crippen LogP contribution is -2.14. The largest absolute Gasteiger partial charge is 0.309 e. The van der Waals surface area contributed by atoms with E-state index in [1.807, 2.05) is 34.2 Å². The number of benzene rings is 1. The number of nitrogens with zero attached hydrogens (tertiary/aromatic N) is 3. The van der Waals surface area contributed by atoms with E-state index in [-0.39, 0.29) is 0 Å². The fourth-order valence-electron chi connectivity index (χ4n) is 2.32. The molecule has 0 bridgehead atoms. The van der Waals surface area contributed by atoms with Crippen molar-refractivity contribution in [2.24, 2.45) is 0 Å². The van der Waals surface area contributed by atoms with Gasteiger partial charge in [-0.05, 0) is 37.1 Å². The van der Waals surface area contributed by atoms with E-state index in [4.69, 9.17) is 0 Å². The lowest BCUT2D eigenvalue weighted by atomic mass is 10.3. The van der Waals surface area contributed by atoms with Crippen LogP contribution in [0.15, 0.2) is 36.4 Å². The minimum absolute atomic E-state index is 0.764. The van der Waals surface area contributed by atoms with Crippen LogP contribution < -0.4 is 5.32 Å². The quantitative estimate of drug-likeness (QED) is 0.783. The van der Waals surface area contributed by atoms with Gasteiger partial charge in [-0.25, -0.2) is 4.68 Å². The maximum absolute atomic E-state index is 4.24. The first kappa shape index (κ1) is 12.1. The normalized spacial score (nSPS) is 15.0. The summed E-state index contributed by atoms with van der Waals surface area (Å²) in [6.45, 7) is 1.79. The number of nitrogens with one attached hydrogen (secondary N) is 1. The van der Waals surface area contributed by atoms with E-state index >= 15 is 0 Å². The Morgan fingerprint density at radius 2 is 2.00 bits per heavy atom. The van der Waals surface area contributed by atoms with Crippen LogP contribution in [0.2, 0.25) is 0 Å². The molecule has 4 rings (SSSR count). The van der Waals surface area contributed by atoms with Crippen LogP contribution in [0.5, 0.6) is 0 Å². The first-order valence-electron chi connectivity index (χ1n) is 6.98. The molecule has 0 aliphatic heterocycles. The van der Waals surface area contributed by atoms with Gasteiger partial charge >= 0.3 is 0 Å².